The zero-order valence-electron chi connectivity index (χ0n) is 18.4. The second-order valence-electron chi connectivity index (χ2n) is 7.85. The fraction of sp³-hybridized carbons (Fsp3) is 0.333. The maximum atomic E-state index is 13.7. The Balaban J connectivity index is 1.43. The summed E-state index contributed by atoms with van der Waals surface area (Å²) < 4.78 is 11.8. The number of amides is 1. The zero-order valence-corrected chi connectivity index (χ0v) is 19.3. The van der Waals surface area contributed by atoms with Crippen LogP contribution < -0.4 is 9.64 Å². The normalized spacial score (nSPS) is 14.6. The molecule has 2 aromatic heterocycles. The van der Waals surface area contributed by atoms with Crippen LogP contribution in [0.1, 0.15) is 16.8 Å². The van der Waals surface area contributed by atoms with Crippen LogP contribution in [0.2, 0.25) is 0 Å². The molecule has 170 valence electrons. The number of fused-ring (bicyclic) bond motifs is 2. The van der Waals surface area contributed by atoms with Crippen molar-refractivity contribution >= 4 is 43.6 Å². The van der Waals surface area contributed by atoms with Crippen molar-refractivity contribution in [3.05, 3.63) is 54.4 Å². The first kappa shape index (κ1) is 21.7. The number of carbonyl (C=O) groups is 1. The third-order valence-corrected chi connectivity index (χ3v) is 6.78. The lowest BCUT2D eigenvalue weighted by molar-refractivity contribution is 0.0376. The SMILES string of the molecule is COc1ccc2nc(N(CCCN3CCOCC3)C(=O)c3ccc4nccnc4c3)sc2c1. The summed E-state index contributed by atoms with van der Waals surface area (Å²) in [7, 11) is 1.65. The van der Waals surface area contributed by atoms with E-state index in [-0.39, 0.29) is 5.91 Å². The molecule has 0 bridgehead atoms. The Kier molecular flexibility index (Phi) is 6.43. The van der Waals surface area contributed by atoms with Gasteiger partial charge in [0.15, 0.2) is 5.13 Å². The predicted molar refractivity (Wildman–Crippen MR) is 129 cm³/mol. The highest BCUT2D eigenvalue weighted by Gasteiger charge is 2.22. The van der Waals surface area contributed by atoms with Crippen LogP contribution in [0.3, 0.4) is 0 Å². The molecule has 0 N–H and O–H groups in total. The first-order chi connectivity index (χ1) is 16.2. The van der Waals surface area contributed by atoms with Crippen LogP contribution in [-0.4, -0.2) is 72.3 Å². The molecule has 3 heterocycles. The van der Waals surface area contributed by atoms with Crippen LogP contribution in [0.5, 0.6) is 5.75 Å². The number of morpholine rings is 1. The summed E-state index contributed by atoms with van der Waals surface area (Å²) in [6.07, 6.45) is 4.13. The van der Waals surface area contributed by atoms with Gasteiger partial charge >= 0.3 is 0 Å². The van der Waals surface area contributed by atoms with Crippen molar-refractivity contribution < 1.29 is 14.3 Å². The fourth-order valence-electron chi connectivity index (χ4n) is 3.95. The van der Waals surface area contributed by atoms with E-state index in [1.165, 1.54) is 11.3 Å². The molecule has 0 spiro atoms. The van der Waals surface area contributed by atoms with Gasteiger partial charge in [-0.15, -0.1) is 0 Å². The molecule has 2 aromatic carbocycles. The third kappa shape index (κ3) is 4.80. The van der Waals surface area contributed by atoms with Gasteiger partial charge in [-0.1, -0.05) is 11.3 Å². The zero-order chi connectivity index (χ0) is 22.6. The summed E-state index contributed by atoms with van der Waals surface area (Å²) in [5.41, 5.74) is 2.89. The molecule has 0 aliphatic carbocycles. The molecule has 33 heavy (non-hydrogen) atoms. The van der Waals surface area contributed by atoms with Crippen molar-refractivity contribution in [3.8, 4) is 5.75 Å². The molecule has 1 amide bonds. The highest BCUT2D eigenvalue weighted by Crippen LogP contribution is 2.32. The molecule has 8 nitrogen and oxygen atoms in total. The van der Waals surface area contributed by atoms with E-state index in [0.29, 0.717) is 22.8 Å². The number of rotatable bonds is 7. The summed E-state index contributed by atoms with van der Waals surface area (Å²) in [5, 5.41) is 0.685. The van der Waals surface area contributed by atoms with Gasteiger partial charge in [0.25, 0.3) is 5.91 Å². The predicted octanol–water partition coefficient (Wildman–Crippen LogP) is 3.62. The van der Waals surface area contributed by atoms with Crippen LogP contribution in [0.4, 0.5) is 5.13 Å². The van der Waals surface area contributed by atoms with Crippen LogP contribution in [0, 0.1) is 0 Å². The van der Waals surface area contributed by atoms with Crippen molar-refractivity contribution in [3.63, 3.8) is 0 Å². The summed E-state index contributed by atoms with van der Waals surface area (Å²) in [5.74, 6) is 0.687. The van der Waals surface area contributed by atoms with Crippen molar-refractivity contribution in [2.24, 2.45) is 0 Å². The number of thiazole rings is 1. The summed E-state index contributed by atoms with van der Waals surface area (Å²) in [6.45, 7) is 4.87. The van der Waals surface area contributed by atoms with Gasteiger partial charge in [0.1, 0.15) is 5.75 Å². The van der Waals surface area contributed by atoms with Crippen LogP contribution >= 0.6 is 11.3 Å². The average molecular weight is 464 g/mol. The Morgan fingerprint density at radius 2 is 1.88 bits per heavy atom. The van der Waals surface area contributed by atoms with Crippen molar-refractivity contribution in [1.29, 1.82) is 0 Å². The average Bonchev–Trinajstić information content (AvgIpc) is 3.29. The lowest BCUT2D eigenvalue weighted by Crippen LogP contribution is -2.39. The van der Waals surface area contributed by atoms with Gasteiger partial charge < -0.3 is 9.47 Å². The number of anilines is 1. The molecule has 0 radical (unpaired) electrons. The number of hydrogen-bond donors (Lipinski definition) is 0. The number of carbonyl (C=O) groups excluding carboxylic acids is 1. The topological polar surface area (TPSA) is 80.7 Å². The standard InChI is InChI=1S/C24H25N5O3S/c1-31-18-4-6-20-22(16-18)33-24(27-20)29(10-2-9-28-11-13-32-14-12-28)23(30)17-3-5-19-21(15-17)26-8-7-25-19/h3-8,15-16H,2,9-14H2,1H3. The Labute approximate surface area is 195 Å². The largest absolute Gasteiger partial charge is 0.497 e. The Hall–Kier alpha value is -3.14. The molecule has 1 fully saturated rings. The number of benzene rings is 2. The molecule has 4 aromatic rings. The monoisotopic (exact) mass is 463 g/mol. The molecule has 1 saturated heterocycles. The quantitative estimate of drug-likeness (QED) is 0.414. The first-order valence-electron chi connectivity index (χ1n) is 11.0. The lowest BCUT2D eigenvalue weighted by atomic mass is 10.1. The molecule has 0 atom stereocenters. The van der Waals surface area contributed by atoms with Crippen molar-refractivity contribution in [1.82, 2.24) is 19.9 Å². The molecule has 9 heteroatoms. The van der Waals surface area contributed by atoms with Gasteiger partial charge in [-0.2, -0.15) is 0 Å². The number of hydrogen-bond acceptors (Lipinski definition) is 8. The van der Waals surface area contributed by atoms with E-state index in [0.717, 1.165) is 60.8 Å². The highest BCUT2D eigenvalue weighted by atomic mass is 32.1. The number of nitrogens with zero attached hydrogens (tertiary/aromatic N) is 5. The second kappa shape index (κ2) is 9.78. The summed E-state index contributed by atoms with van der Waals surface area (Å²) in [6, 6.07) is 11.2. The minimum absolute atomic E-state index is 0.0875. The summed E-state index contributed by atoms with van der Waals surface area (Å²) in [4.78, 5) is 31.2. The molecular weight excluding hydrogens is 438 g/mol. The third-order valence-electron chi connectivity index (χ3n) is 5.74. The summed E-state index contributed by atoms with van der Waals surface area (Å²) >= 11 is 1.50. The Morgan fingerprint density at radius 1 is 1.09 bits per heavy atom. The molecule has 0 unspecified atom stereocenters. The lowest BCUT2D eigenvalue weighted by Gasteiger charge is -2.27. The van der Waals surface area contributed by atoms with E-state index in [9.17, 15) is 4.79 Å². The van der Waals surface area contributed by atoms with E-state index in [1.807, 2.05) is 30.3 Å². The number of ether oxygens (including phenoxy) is 2. The maximum absolute atomic E-state index is 13.7. The first-order valence-corrected chi connectivity index (χ1v) is 11.8. The minimum Gasteiger partial charge on any atom is -0.497 e. The maximum Gasteiger partial charge on any atom is 0.260 e. The van der Waals surface area contributed by atoms with Crippen molar-refractivity contribution in [2.45, 2.75) is 6.42 Å². The highest BCUT2D eigenvalue weighted by molar-refractivity contribution is 7.22. The van der Waals surface area contributed by atoms with E-state index < -0.39 is 0 Å². The van der Waals surface area contributed by atoms with Gasteiger partial charge in [-0.05, 0) is 42.8 Å². The number of aromatic nitrogens is 3. The van der Waals surface area contributed by atoms with E-state index >= 15 is 0 Å². The minimum atomic E-state index is -0.0875. The molecule has 5 rings (SSSR count). The van der Waals surface area contributed by atoms with Gasteiger partial charge in [0, 0.05) is 44.1 Å². The van der Waals surface area contributed by atoms with Gasteiger partial charge in [-0.3, -0.25) is 24.6 Å². The fourth-order valence-corrected chi connectivity index (χ4v) is 4.97. The Bertz CT molecular complexity index is 1270. The molecule has 1 aliphatic rings. The van der Waals surface area contributed by atoms with E-state index in [2.05, 4.69) is 14.9 Å². The Morgan fingerprint density at radius 3 is 2.70 bits per heavy atom. The van der Waals surface area contributed by atoms with Gasteiger partial charge in [0.05, 0.1) is 41.6 Å². The molecule has 0 saturated carbocycles. The van der Waals surface area contributed by atoms with E-state index in [4.69, 9.17) is 14.5 Å². The molecular formula is C24H25N5O3S. The van der Waals surface area contributed by atoms with Crippen LogP contribution in [0.25, 0.3) is 21.3 Å². The van der Waals surface area contributed by atoms with Gasteiger partial charge in [0.2, 0.25) is 0 Å². The molecule has 1 aliphatic heterocycles. The van der Waals surface area contributed by atoms with Crippen molar-refractivity contribution in [2.75, 3.05) is 51.4 Å². The second-order valence-corrected chi connectivity index (χ2v) is 8.86. The van der Waals surface area contributed by atoms with E-state index in [1.54, 1.807) is 30.5 Å². The van der Waals surface area contributed by atoms with Crippen LogP contribution in [-0.2, 0) is 4.74 Å². The smallest absolute Gasteiger partial charge is 0.260 e. The van der Waals surface area contributed by atoms with Gasteiger partial charge in [-0.25, -0.2) is 4.98 Å². The van der Waals surface area contributed by atoms with Crippen LogP contribution in [0.15, 0.2) is 48.8 Å². The number of methoxy groups -OCH3 is 1.